The first-order valence-electron chi connectivity index (χ1n) is 9.56. The molecule has 6 nitrogen and oxygen atoms in total. The highest BCUT2D eigenvalue weighted by molar-refractivity contribution is 7.89. The summed E-state index contributed by atoms with van der Waals surface area (Å²) in [5.74, 6) is -0.251. The van der Waals surface area contributed by atoms with Crippen LogP contribution in [0.3, 0.4) is 0 Å². The Morgan fingerprint density at radius 2 is 1.69 bits per heavy atom. The van der Waals surface area contributed by atoms with Gasteiger partial charge in [0, 0.05) is 24.7 Å². The molecule has 1 heterocycles. The molecule has 144 valence electrons. The van der Waals surface area contributed by atoms with Gasteiger partial charge in [0.25, 0.3) is 5.91 Å². The molecule has 1 aromatic rings. The van der Waals surface area contributed by atoms with Gasteiger partial charge in [-0.05, 0) is 56.7 Å². The van der Waals surface area contributed by atoms with Crippen molar-refractivity contribution in [3.8, 4) is 0 Å². The molecule has 1 saturated heterocycles. The first kappa shape index (κ1) is 19.3. The molecule has 2 fully saturated rings. The molecule has 1 aliphatic heterocycles. The number of carbonyl (C=O) groups excluding carboxylic acids is 1. The summed E-state index contributed by atoms with van der Waals surface area (Å²) in [6.45, 7) is 1.09. The lowest BCUT2D eigenvalue weighted by Crippen LogP contribution is -2.38. The Kier molecular flexibility index (Phi) is 6.32. The van der Waals surface area contributed by atoms with Gasteiger partial charge in [-0.15, -0.1) is 0 Å². The van der Waals surface area contributed by atoms with E-state index in [9.17, 15) is 18.3 Å². The van der Waals surface area contributed by atoms with Crippen molar-refractivity contribution in [3.63, 3.8) is 0 Å². The molecular weight excluding hydrogens is 352 g/mol. The largest absolute Gasteiger partial charge is 0.393 e. The molecule has 0 aromatic heterocycles. The number of amides is 1. The molecule has 0 unspecified atom stereocenters. The average Bonchev–Trinajstić information content (AvgIpc) is 2.94. The summed E-state index contributed by atoms with van der Waals surface area (Å²) in [5, 5.41) is 12.5. The summed E-state index contributed by atoms with van der Waals surface area (Å²) in [6, 6.07) is 6.36. The number of hydrogen-bond donors (Lipinski definition) is 2. The van der Waals surface area contributed by atoms with Crippen LogP contribution in [-0.4, -0.2) is 49.0 Å². The van der Waals surface area contributed by atoms with Gasteiger partial charge in [-0.25, -0.2) is 8.42 Å². The van der Waals surface area contributed by atoms with Crippen LogP contribution >= 0.6 is 0 Å². The Morgan fingerprint density at radius 3 is 2.35 bits per heavy atom. The number of nitrogens with one attached hydrogen (secondary N) is 1. The molecule has 26 heavy (non-hydrogen) atoms. The average molecular weight is 381 g/mol. The molecule has 7 heteroatoms. The lowest BCUT2D eigenvalue weighted by Gasteiger charge is -2.26. The molecule has 1 amide bonds. The van der Waals surface area contributed by atoms with Gasteiger partial charge in [-0.2, -0.15) is 4.31 Å². The third-order valence-electron chi connectivity index (χ3n) is 5.33. The van der Waals surface area contributed by atoms with Crippen LogP contribution < -0.4 is 5.32 Å². The molecule has 3 rings (SSSR count). The molecule has 1 aliphatic carbocycles. The van der Waals surface area contributed by atoms with Crippen LogP contribution in [0.1, 0.15) is 61.7 Å². The second kappa shape index (κ2) is 8.50. The second-order valence-corrected chi connectivity index (χ2v) is 9.26. The van der Waals surface area contributed by atoms with Crippen molar-refractivity contribution in [1.29, 1.82) is 0 Å². The Hall–Kier alpha value is -1.44. The van der Waals surface area contributed by atoms with E-state index < -0.39 is 10.0 Å². The minimum atomic E-state index is -3.56. The third kappa shape index (κ3) is 4.64. The first-order valence-corrected chi connectivity index (χ1v) is 11.0. The normalized spacial score (nSPS) is 25.4. The zero-order valence-electron chi connectivity index (χ0n) is 15.1. The van der Waals surface area contributed by atoms with Gasteiger partial charge in [0.1, 0.15) is 0 Å². The maximum atomic E-state index is 12.9. The fourth-order valence-electron chi connectivity index (χ4n) is 3.72. The fourth-order valence-corrected chi connectivity index (χ4v) is 5.28. The van der Waals surface area contributed by atoms with Gasteiger partial charge in [-0.1, -0.05) is 18.9 Å². The number of aliphatic hydroxyl groups excluding tert-OH is 1. The highest BCUT2D eigenvalue weighted by atomic mass is 32.2. The van der Waals surface area contributed by atoms with Gasteiger partial charge in [0.2, 0.25) is 10.0 Å². The molecular formula is C19H28N2O4S. The van der Waals surface area contributed by atoms with E-state index in [4.69, 9.17) is 0 Å². The van der Waals surface area contributed by atoms with Gasteiger partial charge in [0.05, 0.1) is 11.0 Å². The quantitative estimate of drug-likeness (QED) is 0.839. The SMILES string of the molecule is O=C(NC1CCC(O)CC1)c1cccc(S(=O)(=O)N2CCCCCC2)c1. The summed E-state index contributed by atoms with van der Waals surface area (Å²) in [5.41, 5.74) is 0.368. The topological polar surface area (TPSA) is 86.7 Å². The maximum Gasteiger partial charge on any atom is 0.251 e. The maximum absolute atomic E-state index is 12.9. The van der Waals surface area contributed by atoms with Crippen molar-refractivity contribution in [2.45, 2.75) is 68.4 Å². The Balaban J connectivity index is 1.71. The van der Waals surface area contributed by atoms with Gasteiger partial charge < -0.3 is 10.4 Å². The predicted molar refractivity (Wildman–Crippen MR) is 99.4 cm³/mol. The van der Waals surface area contributed by atoms with E-state index in [1.165, 1.54) is 6.07 Å². The van der Waals surface area contributed by atoms with Crippen molar-refractivity contribution >= 4 is 15.9 Å². The number of sulfonamides is 1. The minimum absolute atomic E-state index is 0.0387. The van der Waals surface area contributed by atoms with Crippen LogP contribution in [0.5, 0.6) is 0 Å². The number of aliphatic hydroxyl groups is 1. The smallest absolute Gasteiger partial charge is 0.251 e. The standard InChI is InChI=1S/C19H28N2O4S/c22-17-10-8-16(9-11-17)20-19(23)15-6-5-7-18(14-15)26(24,25)21-12-3-1-2-4-13-21/h5-7,14,16-17,22H,1-4,8-13H2,(H,20,23). The summed E-state index contributed by atoms with van der Waals surface area (Å²) >= 11 is 0. The molecule has 0 radical (unpaired) electrons. The van der Waals surface area contributed by atoms with Crippen LogP contribution in [0.2, 0.25) is 0 Å². The van der Waals surface area contributed by atoms with Crippen molar-refractivity contribution in [3.05, 3.63) is 29.8 Å². The van der Waals surface area contributed by atoms with Crippen LogP contribution in [0.4, 0.5) is 0 Å². The zero-order chi connectivity index (χ0) is 18.6. The Bertz CT molecular complexity index is 719. The predicted octanol–water partition coefficient (Wildman–Crippen LogP) is 2.28. The molecule has 0 atom stereocenters. The Morgan fingerprint density at radius 1 is 1.04 bits per heavy atom. The van der Waals surface area contributed by atoms with Gasteiger partial charge in [0.15, 0.2) is 0 Å². The lowest BCUT2D eigenvalue weighted by atomic mass is 9.93. The van der Waals surface area contributed by atoms with Crippen molar-refractivity contribution in [1.82, 2.24) is 9.62 Å². The fraction of sp³-hybridized carbons (Fsp3) is 0.632. The van der Waals surface area contributed by atoms with Crippen molar-refractivity contribution < 1.29 is 18.3 Å². The number of nitrogens with zero attached hydrogens (tertiary/aromatic N) is 1. The summed E-state index contributed by atoms with van der Waals surface area (Å²) in [7, 11) is -3.56. The summed E-state index contributed by atoms with van der Waals surface area (Å²) in [6.07, 6.45) is 6.49. The minimum Gasteiger partial charge on any atom is -0.393 e. The van der Waals surface area contributed by atoms with Crippen LogP contribution in [0, 0.1) is 0 Å². The molecule has 1 aromatic carbocycles. The van der Waals surface area contributed by atoms with E-state index in [2.05, 4.69) is 5.32 Å². The molecule has 0 spiro atoms. The number of benzene rings is 1. The third-order valence-corrected chi connectivity index (χ3v) is 7.23. The van der Waals surface area contributed by atoms with E-state index in [0.717, 1.165) is 38.5 Å². The van der Waals surface area contributed by atoms with Gasteiger partial charge in [-0.3, -0.25) is 4.79 Å². The van der Waals surface area contributed by atoms with E-state index in [1.807, 2.05) is 0 Å². The molecule has 2 aliphatic rings. The number of hydrogen-bond acceptors (Lipinski definition) is 4. The summed E-state index contributed by atoms with van der Waals surface area (Å²) in [4.78, 5) is 12.7. The summed E-state index contributed by atoms with van der Waals surface area (Å²) < 4.78 is 27.4. The van der Waals surface area contributed by atoms with Crippen LogP contribution in [0.25, 0.3) is 0 Å². The second-order valence-electron chi connectivity index (χ2n) is 7.33. The number of rotatable bonds is 4. The van der Waals surface area contributed by atoms with E-state index in [0.29, 0.717) is 31.5 Å². The van der Waals surface area contributed by atoms with E-state index >= 15 is 0 Å². The number of carbonyl (C=O) groups is 1. The van der Waals surface area contributed by atoms with Crippen LogP contribution in [-0.2, 0) is 10.0 Å². The highest BCUT2D eigenvalue weighted by Gasteiger charge is 2.26. The van der Waals surface area contributed by atoms with Crippen molar-refractivity contribution in [2.24, 2.45) is 0 Å². The molecule has 0 bridgehead atoms. The van der Waals surface area contributed by atoms with Crippen LogP contribution in [0.15, 0.2) is 29.2 Å². The van der Waals surface area contributed by atoms with E-state index in [-0.39, 0.29) is 22.9 Å². The highest BCUT2D eigenvalue weighted by Crippen LogP contribution is 2.22. The molecule has 2 N–H and O–H groups in total. The molecule has 1 saturated carbocycles. The lowest BCUT2D eigenvalue weighted by molar-refractivity contribution is 0.0867. The monoisotopic (exact) mass is 380 g/mol. The Labute approximate surface area is 155 Å². The zero-order valence-corrected chi connectivity index (χ0v) is 15.9. The van der Waals surface area contributed by atoms with Gasteiger partial charge >= 0.3 is 0 Å². The van der Waals surface area contributed by atoms with E-state index in [1.54, 1.807) is 22.5 Å². The first-order chi connectivity index (χ1) is 12.5. The van der Waals surface area contributed by atoms with Crippen molar-refractivity contribution in [2.75, 3.05) is 13.1 Å².